The lowest BCUT2D eigenvalue weighted by molar-refractivity contribution is -0.167. The molecule has 0 aliphatic rings. The van der Waals surface area contributed by atoms with E-state index >= 15 is 0 Å². The second-order valence-corrected chi connectivity index (χ2v) is 19.2. The molecule has 0 aliphatic heterocycles. The minimum Gasteiger partial charge on any atom is -0.462 e. The summed E-state index contributed by atoms with van der Waals surface area (Å²) >= 11 is 0. The van der Waals surface area contributed by atoms with Crippen molar-refractivity contribution >= 4 is 17.9 Å². The highest BCUT2D eigenvalue weighted by atomic mass is 16.6. The van der Waals surface area contributed by atoms with E-state index in [1.54, 1.807) is 0 Å². The molecule has 0 N–H and O–H groups in total. The van der Waals surface area contributed by atoms with Crippen molar-refractivity contribution in [3.8, 4) is 0 Å². The van der Waals surface area contributed by atoms with Gasteiger partial charge in [0, 0.05) is 19.3 Å². The first-order valence-electron chi connectivity index (χ1n) is 26.8. The van der Waals surface area contributed by atoms with Crippen molar-refractivity contribution in [2.75, 3.05) is 13.2 Å². The van der Waals surface area contributed by atoms with Crippen LogP contribution in [0.3, 0.4) is 0 Å². The fourth-order valence-electron chi connectivity index (χ4n) is 8.13. The maximum atomic E-state index is 12.8. The standard InChI is InChI=1S/C54H104O6/c1-6-8-9-10-11-12-13-14-15-16-17-18-19-20-21-22-29-34-39-44-52(55)58-47-51(60-54(57)46-41-36-31-25-23-27-32-37-42-49(3)4)48-59-53(56)45-40-35-30-26-24-28-33-38-43-50(5)7-2/h49-51H,6-48H2,1-5H3/t50?,51-/m0/s1. The molecule has 0 amide bonds. The van der Waals surface area contributed by atoms with Crippen molar-refractivity contribution in [1.29, 1.82) is 0 Å². The van der Waals surface area contributed by atoms with E-state index in [2.05, 4.69) is 34.6 Å². The summed E-state index contributed by atoms with van der Waals surface area (Å²) in [5.74, 6) is 0.790. The van der Waals surface area contributed by atoms with Crippen LogP contribution in [-0.2, 0) is 28.6 Å². The molecule has 0 radical (unpaired) electrons. The summed E-state index contributed by atoms with van der Waals surface area (Å²) in [6.07, 6.45) is 48.1. The first kappa shape index (κ1) is 58.4. The SMILES string of the molecule is CCCCCCCCCCCCCCCCCCCCCC(=O)OC[C@@H](COC(=O)CCCCCCCCCCC(C)CC)OC(=O)CCCCCCCCCCC(C)C. The number of hydrogen-bond donors (Lipinski definition) is 0. The van der Waals surface area contributed by atoms with Gasteiger partial charge in [-0.15, -0.1) is 0 Å². The molecule has 0 saturated heterocycles. The summed E-state index contributed by atoms with van der Waals surface area (Å²) in [4.78, 5) is 37.9. The Kier molecular flexibility index (Phi) is 45.7. The van der Waals surface area contributed by atoms with Gasteiger partial charge < -0.3 is 14.2 Å². The molecule has 0 aromatic heterocycles. The van der Waals surface area contributed by atoms with Gasteiger partial charge in [0.05, 0.1) is 0 Å². The average Bonchev–Trinajstić information content (AvgIpc) is 3.23. The highest BCUT2D eigenvalue weighted by molar-refractivity contribution is 5.71. The van der Waals surface area contributed by atoms with Crippen LogP contribution in [0.15, 0.2) is 0 Å². The second kappa shape index (κ2) is 46.9. The molecule has 0 aliphatic carbocycles. The first-order chi connectivity index (χ1) is 29.3. The monoisotopic (exact) mass is 849 g/mol. The van der Waals surface area contributed by atoms with Gasteiger partial charge in [-0.3, -0.25) is 14.4 Å². The number of rotatable bonds is 48. The van der Waals surface area contributed by atoms with E-state index in [4.69, 9.17) is 14.2 Å². The summed E-state index contributed by atoms with van der Waals surface area (Å²) in [6.45, 7) is 11.4. The molecule has 0 aromatic rings. The number of hydrogen-bond acceptors (Lipinski definition) is 6. The Morgan fingerprint density at radius 2 is 0.633 bits per heavy atom. The molecule has 356 valence electrons. The average molecular weight is 849 g/mol. The fourth-order valence-corrected chi connectivity index (χ4v) is 8.13. The van der Waals surface area contributed by atoms with Crippen LogP contribution >= 0.6 is 0 Å². The Morgan fingerprint density at radius 1 is 0.350 bits per heavy atom. The van der Waals surface area contributed by atoms with E-state index in [1.165, 1.54) is 186 Å². The van der Waals surface area contributed by atoms with Crippen LogP contribution in [0.2, 0.25) is 0 Å². The van der Waals surface area contributed by atoms with Crippen molar-refractivity contribution < 1.29 is 28.6 Å². The van der Waals surface area contributed by atoms with Crippen molar-refractivity contribution in [2.45, 2.75) is 304 Å². The highest BCUT2D eigenvalue weighted by Crippen LogP contribution is 2.18. The third-order valence-corrected chi connectivity index (χ3v) is 12.6. The molecule has 6 nitrogen and oxygen atoms in total. The van der Waals surface area contributed by atoms with E-state index in [0.29, 0.717) is 19.3 Å². The van der Waals surface area contributed by atoms with Crippen molar-refractivity contribution in [1.82, 2.24) is 0 Å². The topological polar surface area (TPSA) is 78.9 Å². The molecule has 0 spiro atoms. The van der Waals surface area contributed by atoms with Gasteiger partial charge in [-0.25, -0.2) is 0 Å². The molecule has 60 heavy (non-hydrogen) atoms. The number of esters is 3. The third-order valence-electron chi connectivity index (χ3n) is 12.6. The fraction of sp³-hybridized carbons (Fsp3) is 0.944. The summed E-state index contributed by atoms with van der Waals surface area (Å²) in [6, 6.07) is 0. The van der Waals surface area contributed by atoms with Gasteiger partial charge in [0.2, 0.25) is 0 Å². The maximum absolute atomic E-state index is 12.8. The first-order valence-corrected chi connectivity index (χ1v) is 26.8. The van der Waals surface area contributed by atoms with Crippen LogP contribution in [0.1, 0.15) is 298 Å². The third kappa shape index (κ3) is 45.9. The molecule has 1 unspecified atom stereocenters. The van der Waals surface area contributed by atoms with Gasteiger partial charge in [0.1, 0.15) is 13.2 Å². The Balaban J connectivity index is 4.24. The van der Waals surface area contributed by atoms with Crippen molar-refractivity contribution in [3.05, 3.63) is 0 Å². The van der Waals surface area contributed by atoms with Gasteiger partial charge in [-0.2, -0.15) is 0 Å². The van der Waals surface area contributed by atoms with Gasteiger partial charge in [0.15, 0.2) is 6.10 Å². The van der Waals surface area contributed by atoms with E-state index in [0.717, 1.165) is 69.6 Å². The van der Waals surface area contributed by atoms with Crippen LogP contribution in [0.25, 0.3) is 0 Å². The quantitative estimate of drug-likeness (QED) is 0.0345. The Bertz CT molecular complexity index is 918. The number of carbonyl (C=O) groups is 3. The minimum absolute atomic E-state index is 0.0643. The predicted molar refractivity (Wildman–Crippen MR) is 256 cm³/mol. The summed E-state index contributed by atoms with van der Waals surface area (Å²) in [5.41, 5.74) is 0. The van der Waals surface area contributed by atoms with E-state index in [1.807, 2.05) is 0 Å². The van der Waals surface area contributed by atoms with Gasteiger partial charge in [0.25, 0.3) is 0 Å². The summed E-state index contributed by atoms with van der Waals surface area (Å²) in [5, 5.41) is 0. The molecular weight excluding hydrogens is 745 g/mol. The van der Waals surface area contributed by atoms with Crippen LogP contribution in [0.5, 0.6) is 0 Å². The van der Waals surface area contributed by atoms with E-state index < -0.39 is 6.10 Å². The molecule has 0 rings (SSSR count). The van der Waals surface area contributed by atoms with E-state index in [-0.39, 0.29) is 31.1 Å². The minimum atomic E-state index is -0.762. The Morgan fingerprint density at radius 3 is 0.950 bits per heavy atom. The molecule has 6 heteroatoms. The summed E-state index contributed by atoms with van der Waals surface area (Å²) in [7, 11) is 0. The molecule has 0 heterocycles. The van der Waals surface area contributed by atoms with Gasteiger partial charge >= 0.3 is 17.9 Å². The Labute approximate surface area is 374 Å². The molecule has 0 aromatic carbocycles. The number of ether oxygens (including phenoxy) is 3. The van der Waals surface area contributed by atoms with Crippen LogP contribution in [0.4, 0.5) is 0 Å². The highest BCUT2D eigenvalue weighted by Gasteiger charge is 2.19. The van der Waals surface area contributed by atoms with Crippen LogP contribution in [0, 0.1) is 11.8 Å². The largest absolute Gasteiger partial charge is 0.462 e. The zero-order valence-corrected chi connectivity index (χ0v) is 41.1. The van der Waals surface area contributed by atoms with Gasteiger partial charge in [-0.05, 0) is 31.1 Å². The molecular formula is C54H104O6. The molecule has 0 saturated carbocycles. The van der Waals surface area contributed by atoms with Crippen LogP contribution < -0.4 is 0 Å². The lowest BCUT2D eigenvalue weighted by Crippen LogP contribution is -2.30. The number of carbonyl (C=O) groups excluding carboxylic acids is 3. The second-order valence-electron chi connectivity index (χ2n) is 19.2. The molecule has 2 atom stereocenters. The Hall–Kier alpha value is -1.59. The predicted octanol–water partition coefficient (Wildman–Crippen LogP) is 17.3. The maximum Gasteiger partial charge on any atom is 0.306 e. The van der Waals surface area contributed by atoms with Crippen LogP contribution in [-0.4, -0.2) is 37.2 Å². The van der Waals surface area contributed by atoms with Crippen molar-refractivity contribution in [3.63, 3.8) is 0 Å². The zero-order chi connectivity index (χ0) is 44.0. The normalized spacial score (nSPS) is 12.5. The number of unbranched alkanes of at least 4 members (excludes halogenated alkanes) is 32. The van der Waals surface area contributed by atoms with Crippen molar-refractivity contribution in [2.24, 2.45) is 11.8 Å². The van der Waals surface area contributed by atoms with E-state index in [9.17, 15) is 14.4 Å². The van der Waals surface area contributed by atoms with Gasteiger partial charge in [-0.1, -0.05) is 259 Å². The zero-order valence-electron chi connectivity index (χ0n) is 41.1. The smallest absolute Gasteiger partial charge is 0.306 e. The molecule has 0 fully saturated rings. The lowest BCUT2D eigenvalue weighted by Gasteiger charge is -2.18. The molecule has 0 bridgehead atoms. The lowest BCUT2D eigenvalue weighted by atomic mass is 9.99. The summed E-state index contributed by atoms with van der Waals surface area (Å²) < 4.78 is 16.8.